The maximum absolute atomic E-state index is 10.5. The van der Waals surface area contributed by atoms with Gasteiger partial charge in [-0.25, -0.2) is 0 Å². The predicted octanol–water partition coefficient (Wildman–Crippen LogP) is -0.600. The van der Waals surface area contributed by atoms with Crippen molar-refractivity contribution in [1.82, 2.24) is 0 Å². The Kier molecular flexibility index (Phi) is 4.40. The van der Waals surface area contributed by atoms with Crippen molar-refractivity contribution in [1.29, 1.82) is 0 Å². The zero-order chi connectivity index (χ0) is 7.56. The van der Waals surface area contributed by atoms with Gasteiger partial charge in [-0.2, -0.15) is 0 Å². The van der Waals surface area contributed by atoms with E-state index in [-0.39, 0.29) is 24.4 Å². The molecule has 0 aromatic rings. The number of rotatable bonds is 2. The Balaban J connectivity index is 0.000001000. The van der Waals surface area contributed by atoms with Gasteiger partial charge in [0.15, 0.2) is 0 Å². The monoisotopic (exact) mass is 180 g/mol. The second-order valence-electron chi connectivity index (χ2n) is 2.46. The summed E-state index contributed by atoms with van der Waals surface area (Å²) in [6, 6.07) is 0. The minimum Gasteiger partial charge on any atom is -0.367 e. The van der Waals surface area contributed by atoms with Crippen LogP contribution >= 0.6 is 12.4 Å². The van der Waals surface area contributed by atoms with E-state index in [9.17, 15) is 4.79 Å². The summed E-state index contributed by atoms with van der Waals surface area (Å²) < 4.78 is 5.17. The highest BCUT2D eigenvalue weighted by Crippen LogP contribution is 2.17. The van der Waals surface area contributed by atoms with Gasteiger partial charge in [-0.05, 0) is 12.8 Å². The molecule has 1 fully saturated rings. The normalized spacial score (nSPS) is 29.5. The Morgan fingerprint density at radius 3 is 2.45 bits per heavy atom. The van der Waals surface area contributed by atoms with Crippen LogP contribution in [-0.2, 0) is 9.53 Å². The van der Waals surface area contributed by atoms with E-state index in [0.717, 1.165) is 12.8 Å². The molecule has 1 aliphatic rings. The summed E-state index contributed by atoms with van der Waals surface area (Å²) >= 11 is 0. The number of hydrogen-bond donors (Lipinski definition) is 2. The first-order chi connectivity index (χ1) is 4.74. The number of ether oxygens (including phenoxy) is 1. The molecule has 1 aliphatic heterocycles. The quantitative estimate of drug-likeness (QED) is 0.596. The highest BCUT2D eigenvalue weighted by Gasteiger charge is 2.27. The second-order valence-corrected chi connectivity index (χ2v) is 2.46. The lowest BCUT2D eigenvalue weighted by Gasteiger charge is -2.07. The maximum atomic E-state index is 10.5. The molecule has 0 aromatic carbocycles. The number of hydrogen-bond acceptors (Lipinski definition) is 3. The molecule has 0 bridgehead atoms. The van der Waals surface area contributed by atoms with Crippen LogP contribution in [0.5, 0.6) is 0 Å². The van der Waals surface area contributed by atoms with Crippen LogP contribution in [0.4, 0.5) is 0 Å². The van der Waals surface area contributed by atoms with Crippen LogP contribution < -0.4 is 11.5 Å². The van der Waals surface area contributed by atoms with Gasteiger partial charge in [0, 0.05) is 6.54 Å². The third-order valence-electron chi connectivity index (χ3n) is 1.69. The van der Waals surface area contributed by atoms with Crippen LogP contribution in [0.3, 0.4) is 0 Å². The summed E-state index contributed by atoms with van der Waals surface area (Å²) in [7, 11) is 0. The SMILES string of the molecule is Cl.NC[C@H]1CC[C@@H](C(N)=O)O1. The molecule has 2 atom stereocenters. The molecule has 5 heteroatoms. The van der Waals surface area contributed by atoms with Gasteiger partial charge in [0.1, 0.15) is 6.10 Å². The molecule has 1 amide bonds. The molecule has 0 spiro atoms. The molecule has 0 saturated carbocycles. The summed E-state index contributed by atoms with van der Waals surface area (Å²) in [6.07, 6.45) is 1.22. The van der Waals surface area contributed by atoms with Gasteiger partial charge in [0.25, 0.3) is 0 Å². The number of amides is 1. The molecule has 0 aromatic heterocycles. The zero-order valence-corrected chi connectivity index (χ0v) is 6.97. The van der Waals surface area contributed by atoms with Crippen LogP contribution in [0.1, 0.15) is 12.8 Å². The van der Waals surface area contributed by atoms with Gasteiger partial charge in [-0.3, -0.25) is 4.79 Å². The summed E-state index contributed by atoms with van der Waals surface area (Å²) in [5.74, 6) is -0.379. The Morgan fingerprint density at radius 1 is 1.55 bits per heavy atom. The van der Waals surface area contributed by atoms with E-state index in [0.29, 0.717) is 6.54 Å². The first kappa shape index (κ1) is 10.7. The summed E-state index contributed by atoms with van der Waals surface area (Å²) in [5, 5.41) is 0. The molecule has 4 nitrogen and oxygen atoms in total. The molecular weight excluding hydrogens is 168 g/mol. The number of nitrogens with two attached hydrogens (primary N) is 2. The largest absolute Gasteiger partial charge is 0.367 e. The summed E-state index contributed by atoms with van der Waals surface area (Å²) in [4.78, 5) is 10.5. The molecule has 66 valence electrons. The average Bonchev–Trinajstić information content (AvgIpc) is 2.34. The van der Waals surface area contributed by atoms with E-state index in [4.69, 9.17) is 16.2 Å². The van der Waals surface area contributed by atoms with E-state index in [1.54, 1.807) is 0 Å². The molecule has 0 unspecified atom stereocenters. The van der Waals surface area contributed by atoms with Gasteiger partial charge >= 0.3 is 0 Å². The highest BCUT2D eigenvalue weighted by atomic mass is 35.5. The van der Waals surface area contributed by atoms with Gasteiger partial charge < -0.3 is 16.2 Å². The molecule has 11 heavy (non-hydrogen) atoms. The summed E-state index contributed by atoms with van der Waals surface area (Å²) in [5.41, 5.74) is 10.3. The molecule has 1 heterocycles. The van der Waals surface area contributed by atoms with Gasteiger partial charge in [-0.15, -0.1) is 12.4 Å². The molecular formula is C6H13ClN2O2. The van der Waals surface area contributed by atoms with Crippen molar-refractivity contribution < 1.29 is 9.53 Å². The third-order valence-corrected chi connectivity index (χ3v) is 1.69. The Hall–Kier alpha value is -0.320. The van der Waals surface area contributed by atoms with E-state index in [1.165, 1.54) is 0 Å². The van der Waals surface area contributed by atoms with Crippen molar-refractivity contribution in [3.05, 3.63) is 0 Å². The van der Waals surface area contributed by atoms with Gasteiger partial charge in [0.2, 0.25) is 5.91 Å². The van der Waals surface area contributed by atoms with Crippen molar-refractivity contribution in [2.45, 2.75) is 25.0 Å². The second kappa shape index (κ2) is 4.54. The summed E-state index contributed by atoms with van der Waals surface area (Å²) in [6.45, 7) is 0.476. The first-order valence-corrected chi connectivity index (χ1v) is 3.39. The van der Waals surface area contributed by atoms with Gasteiger partial charge in [0.05, 0.1) is 6.10 Å². The lowest BCUT2D eigenvalue weighted by Crippen LogP contribution is -2.30. The minimum absolute atomic E-state index is 0. The van der Waals surface area contributed by atoms with Crippen LogP contribution in [0.15, 0.2) is 0 Å². The Labute approximate surface area is 71.7 Å². The minimum atomic E-state index is -0.395. The molecule has 0 radical (unpaired) electrons. The molecule has 4 N–H and O–H groups in total. The third kappa shape index (κ3) is 2.65. The predicted molar refractivity (Wildman–Crippen MR) is 43.4 cm³/mol. The van der Waals surface area contributed by atoms with Crippen molar-refractivity contribution in [3.8, 4) is 0 Å². The Morgan fingerprint density at radius 2 is 2.18 bits per heavy atom. The van der Waals surface area contributed by atoms with E-state index in [2.05, 4.69) is 0 Å². The number of halogens is 1. The van der Waals surface area contributed by atoms with Crippen molar-refractivity contribution >= 4 is 18.3 Å². The number of primary amides is 1. The van der Waals surface area contributed by atoms with Crippen LogP contribution in [0, 0.1) is 0 Å². The topological polar surface area (TPSA) is 78.3 Å². The lowest BCUT2D eigenvalue weighted by atomic mass is 10.2. The fourth-order valence-corrected chi connectivity index (χ4v) is 1.09. The fraction of sp³-hybridized carbons (Fsp3) is 0.833. The molecule has 1 rings (SSSR count). The van der Waals surface area contributed by atoms with Crippen molar-refractivity contribution in [2.75, 3.05) is 6.54 Å². The van der Waals surface area contributed by atoms with Crippen molar-refractivity contribution in [3.63, 3.8) is 0 Å². The van der Waals surface area contributed by atoms with Crippen molar-refractivity contribution in [2.24, 2.45) is 11.5 Å². The smallest absolute Gasteiger partial charge is 0.246 e. The first-order valence-electron chi connectivity index (χ1n) is 3.39. The molecule has 0 aliphatic carbocycles. The molecule has 1 saturated heterocycles. The standard InChI is InChI=1S/C6H12N2O2.ClH/c7-3-4-1-2-5(10-4)6(8)9;/h4-5H,1-3,7H2,(H2,8,9);1H/t4-,5+;/m1./s1. The number of carbonyl (C=O) groups excluding carboxylic acids is 1. The fourth-order valence-electron chi connectivity index (χ4n) is 1.09. The van der Waals surface area contributed by atoms with E-state index < -0.39 is 6.10 Å². The highest BCUT2D eigenvalue weighted by molar-refractivity contribution is 5.85. The maximum Gasteiger partial charge on any atom is 0.246 e. The average molecular weight is 181 g/mol. The number of carbonyl (C=O) groups is 1. The van der Waals surface area contributed by atoms with Crippen LogP contribution in [-0.4, -0.2) is 24.7 Å². The van der Waals surface area contributed by atoms with Gasteiger partial charge in [-0.1, -0.05) is 0 Å². The zero-order valence-electron chi connectivity index (χ0n) is 6.16. The Bertz CT molecular complexity index is 143. The van der Waals surface area contributed by atoms with Crippen LogP contribution in [0.25, 0.3) is 0 Å². The van der Waals surface area contributed by atoms with Crippen LogP contribution in [0.2, 0.25) is 0 Å². The lowest BCUT2D eigenvalue weighted by molar-refractivity contribution is -0.128. The van der Waals surface area contributed by atoms with E-state index >= 15 is 0 Å². The van der Waals surface area contributed by atoms with E-state index in [1.807, 2.05) is 0 Å².